The molecule has 556 valence electrons. The van der Waals surface area contributed by atoms with Crippen molar-refractivity contribution in [3.05, 3.63) is 457 Å². The Morgan fingerprint density at radius 3 is 0.822 bits per heavy atom. The second kappa shape index (κ2) is 26.9. The summed E-state index contributed by atoms with van der Waals surface area (Å²) in [5.74, 6) is 0. The molecule has 4 heterocycles. The molecular formula is C114H80N4. The topological polar surface area (TPSA) is 19.7 Å². The van der Waals surface area contributed by atoms with Crippen LogP contribution in [0.15, 0.2) is 413 Å². The Kier molecular flexibility index (Phi) is 15.7. The van der Waals surface area contributed by atoms with E-state index in [-0.39, 0.29) is 5.41 Å². The lowest BCUT2D eigenvalue weighted by Gasteiger charge is -2.34. The largest absolute Gasteiger partial charge is 0.309 e. The fourth-order valence-corrected chi connectivity index (χ4v) is 20.2. The molecule has 0 saturated carbocycles. The third-order valence-electron chi connectivity index (χ3n) is 25.9. The quantitative estimate of drug-likeness (QED) is 0.130. The van der Waals surface area contributed by atoms with Crippen molar-refractivity contribution < 1.29 is 0 Å². The van der Waals surface area contributed by atoms with Crippen molar-refractivity contribution in [2.45, 2.75) is 38.5 Å². The Balaban J connectivity index is 0.000000140. The van der Waals surface area contributed by atoms with Crippen LogP contribution in [0, 0.1) is 13.8 Å². The van der Waals surface area contributed by atoms with Gasteiger partial charge in [-0.15, -0.1) is 0 Å². The Morgan fingerprint density at radius 1 is 0.178 bits per heavy atom. The van der Waals surface area contributed by atoms with Crippen LogP contribution >= 0.6 is 0 Å². The SMILES string of the molecule is Cc1ccc(-c2ccc(-n3c4ccccc4c4cc(-c5ccc6c(c5)c5ccccc5n6-c5ccc6c(c5)C(C)(C)c5ccccc5-6)ccc43)cc2)cc1.Cc1ccc(-c2ccc(-n3c4ccccc4c4cc(-c5ccc6c(c5)c5ccccc5n6-c5ccc6c(c5)C(c5ccccc5)(c5ccccc5)c5ccccc5-6)ccc43)cc2)cc1. The third-order valence-corrected chi connectivity index (χ3v) is 25.9. The van der Waals surface area contributed by atoms with Crippen LogP contribution in [-0.4, -0.2) is 18.3 Å². The van der Waals surface area contributed by atoms with Crippen molar-refractivity contribution in [1.82, 2.24) is 18.3 Å². The van der Waals surface area contributed by atoms with E-state index in [2.05, 4.69) is 458 Å². The summed E-state index contributed by atoms with van der Waals surface area (Å²) in [5, 5.41) is 10.0. The molecule has 24 rings (SSSR count). The number of para-hydroxylation sites is 4. The molecule has 0 bridgehead atoms. The Morgan fingerprint density at radius 2 is 0.441 bits per heavy atom. The van der Waals surface area contributed by atoms with E-state index >= 15 is 0 Å². The summed E-state index contributed by atoms with van der Waals surface area (Å²) >= 11 is 0. The van der Waals surface area contributed by atoms with Crippen LogP contribution in [0.1, 0.15) is 58.4 Å². The molecule has 4 heteroatoms. The predicted molar refractivity (Wildman–Crippen MR) is 496 cm³/mol. The molecule has 0 N–H and O–H groups in total. The maximum atomic E-state index is 2.47. The number of aryl methyl sites for hydroxylation is 2. The molecular weight excluding hydrogens is 1430 g/mol. The summed E-state index contributed by atoms with van der Waals surface area (Å²) in [6, 6.07) is 153. The van der Waals surface area contributed by atoms with Gasteiger partial charge in [0.05, 0.1) is 49.5 Å². The molecule has 0 unspecified atom stereocenters. The number of hydrogen-bond acceptors (Lipinski definition) is 0. The highest BCUT2D eigenvalue weighted by Crippen LogP contribution is 2.57. The van der Waals surface area contributed by atoms with Crippen molar-refractivity contribution in [2.75, 3.05) is 0 Å². The molecule has 0 atom stereocenters. The summed E-state index contributed by atoms with van der Waals surface area (Å²) in [7, 11) is 0. The number of hydrogen-bond donors (Lipinski definition) is 0. The molecule has 18 aromatic carbocycles. The Bertz CT molecular complexity index is 7760. The van der Waals surface area contributed by atoms with Gasteiger partial charge in [-0.2, -0.15) is 0 Å². The van der Waals surface area contributed by atoms with E-state index in [4.69, 9.17) is 0 Å². The van der Waals surface area contributed by atoms with Gasteiger partial charge < -0.3 is 18.3 Å². The average Bonchev–Trinajstić information content (AvgIpc) is 1.53. The zero-order chi connectivity index (χ0) is 78.5. The first-order chi connectivity index (χ1) is 58.1. The molecule has 0 fully saturated rings. The Labute approximate surface area is 685 Å². The van der Waals surface area contributed by atoms with Gasteiger partial charge in [0.1, 0.15) is 0 Å². The lowest BCUT2D eigenvalue weighted by molar-refractivity contribution is 0.660. The van der Waals surface area contributed by atoms with Gasteiger partial charge >= 0.3 is 0 Å². The van der Waals surface area contributed by atoms with E-state index in [0.29, 0.717) is 0 Å². The van der Waals surface area contributed by atoms with E-state index in [1.165, 1.54) is 204 Å². The molecule has 0 radical (unpaired) electrons. The fraction of sp³-hybridized carbons (Fsp3) is 0.0526. The van der Waals surface area contributed by atoms with E-state index < -0.39 is 5.41 Å². The molecule has 0 saturated heterocycles. The summed E-state index contributed by atoms with van der Waals surface area (Å²) in [6.45, 7) is 8.98. The predicted octanol–water partition coefficient (Wildman–Crippen LogP) is 29.7. The molecule has 2 aliphatic carbocycles. The van der Waals surface area contributed by atoms with Gasteiger partial charge in [0.25, 0.3) is 0 Å². The Hall–Kier alpha value is -14.8. The number of nitrogens with zero attached hydrogens (tertiary/aromatic N) is 4. The van der Waals surface area contributed by atoms with Crippen LogP contribution in [0.4, 0.5) is 0 Å². The maximum Gasteiger partial charge on any atom is 0.0714 e. The highest BCUT2D eigenvalue weighted by molar-refractivity contribution is 6.15. The molecule has 2 aliphatic rings. The zero-order valence-electron chi connectivity index (χ0n) is 66.0. The fourth-order valence-electron chi connectivity index (χ4n) is 20.2. The van der Waals surface area contributed by atoms with Gasteiger partial charge in [-0.3, -0.25) is 0 Å². The smallest absolute Gasteiger partial charge is 0.0714 e. The van der Waals surface area contributed by atoms with Gasteiger partial charge in [0.2, 0.25) is 0 Å². The molecule has 0 spiro atoms. The van der Waals surface area contributed by atoms with Crippen LogP contribution in [0.2, 0.25) is 0 Å². The summed E-state index contributed by atoms with van der Waals surface area (Å²) in [6.07, 6.45) is 0. The van der Waals surface area contributed by atoms with Crippen LogP contribution in [0.5, 0.6) is 0 Å². The molecule has 4 nitrogen and oxygen atoms in total. The molecule has 4 aromatic heterocycles. The maximum absolute atomic E-state index is 2.47. The lowest BCUT2D eigenvalue weighted by Crippen LogP contribution is -2.28. The van der Waals surface area contributed by atoms with Crippen LogP contribution in [0.25, 0.3) is 177 Å². The second-order valence-corrected chi connectivity index (χ2v) is 32.8. The van der Waals surface area contributed by atoms with Crippen molar-refractivity contribution in [1.29, 1.82) is 0 Å². The summed E-state index contributed by atoms with van der Waals surface area (Å²) < 4.78 is 9.73. The summed E-state index contributed by atoms with van der Waals surface area (Å²) in [4.78, 5) is 0. The highest BCUT2D eigenvalue weighted by Gasteiger charge is 2.46. The average molecular weight is 1510 g/mol. The monoisotopic (exact) mass is 1500 g/mol. The molecule has 0 amide bonds. The van der Waals surface area contributed by atoms with Gasteiger partial charge in [-0.05, 0) is 235 Å². The molecule has 0 aliphatic heterocycles. The number of benzene rings is 18. The van der Waals surface area contributed by atoms with Gasteiger partial charge in [-0.25, -0.2) is 0 Å². The van der Waals surface area contributed by atoms with Crippen molar-refractivity contribution in [3.63, 3.8) is 0 Å². The van der Waals surface area contributed by atoms with Crippen LogP contribution < -0.4 is 0 Å². The number of aromatic nitrogens is 4. The lowest BCUT2D eigenvalue weighted by atomic mass is 9.67. The molecule has 118 heavy (non-hydrogen) atoms. The van der Waals surface area contributed by atoms with Crippen molar-refractivity contribution in [2.24, 2.45) is 0 Å². The minimum atomic E-state index is -0.469. The van der Waals surface area contributed by atoms with Crippen LogP contribution in [0.3, 0.4) is 0 Å². The van der Waals surface area contributed by atoms with E-state index in [9.17, 15) is 0 Å². The second-order valence-electron chi connectivity index (χ2n) is 32.8. The number of fused-ring (bicyclic) bond motifs is 18. The van der Waals surface area contributed by atoms with Crippen molar-refractivity contribution in [3.8, 4) is 89.5 Å². The highest BCUT2D eigenvalue weighted by atomic mass is 15.0. The minimum absolute atomic E-state index is 0.0550. The van der Waals surface area contributed by atoms with E-state index in [1.807, 2.05) is 0 Å². The summed E-state index contributed by atoms with van der Waals surface area (Å²) in [5.41, 5.74) is 39.4. The van der Waals surface area contributed by atoms with Gasteiger partial charge in [0, 0.05) is 71.3 Å². The van der Waals surface area contributed by atoms with Gasteiger partial charge in [-0.1, -0.05) is 316 Å². The van der Waals surface area contributed by atoms with E-state index in [1.54, 1.807) is 0 Å². The molecule has 22 aromatic rings. The normalized spacial score (nSPS) is 13.1. The van der Waals surface area contributed by atoms with Crippen molar-refractivity contribution >= 4 is 87.2 Å². The zero-order valence-corrected chi connectivity index (χ0v) is 66.0. The van der Waals surface area contributed by atoms with E-state index in [0.717, 1.165) is 17.1 Å². The minimum Gasteiger partial charge on any atom is -0.309 e. The van der Waals surface area contributed by atoms with Crippen LogP contribution in [-0.2, 0) is 10.8 Å². The first-order valence-electron chi connectivity index (χ1n) is 41.2. The first-order valence-corrected chi connectivity index (χ1v) is 41.2. The third kappa shape index (κ3) is 10.6. The number of rotatable bonds is 10. The van der Waals surface area contributed by atoms with Gasteiger partial charge in [0.15, 0.2) is 0 Å². The first kappa shape index (κ1) is 68.7. The standard InChI is InChI=1S/C62H42N2.C52H38N2/c1-41-24-26-42(27-25-41)43-28-32-48(33-29-43)63-58-22-12-9-19-52(58)54-38-44(30-36-60(54)63)45-31-37-61-55(39-45)53-20-10-13-23-59(53)64(61)49-34-35-51-50-18-8-11-21-56(50)62(57(51)40-49,46-14-4-2-5-15-46)47-16-6-3-7-17-47;1-33-16-18-34(19-17-33)35-20-24-38(25-21-35)53-48-14-8-5-11-42(48)44-30-36(22-28-50(44)53)37-23-29-51-45(31-37)43-12-6-9-15-49(43)54(51)39-26-27-41-40-10-4-7-13-46(40)52(2,3)47(41)32-39/h2-40H,1H3;4-32H,1-3H3.